The summed E-state index contributed by atoms with van der Waals surface area (Å²) in [4.78, 5) is 24.8. The molecule has 3 rings (SSSR count). The highest BCUT2D eigenvalue weighted by Crippen LogP contribution is 2.32. The number of ether oxygens (including phenoxy) is 1. The maximum absolute atomic E-state index is 14.5. The Hall–Kier alpha value is -2.97. The van der Waals surface area contributed by atoms with Crippen LogP contribution in [0.5, 0.6) is 5.75 Å². The average molecular weight is 480 g/mol. The molecule has 0 fully saturated rings. The van der Waals surface area contributed by atoms with Crippen molar-refractivity contribution in [2.45, 2.75) is 32.7 Å². The standard InChI is InChI=1S/C24H24ClF2NO5/c1-4-12(2)20(11-29)28-10-16(24(31)32)23(30)15-8-13(21(33-3)9-19(15)28)7-14-18(26)6-5-17(25)22(14)27/h5-6,8-10,12,20,29H,4,7,11H2,1-3H3,(H,31,32)/t12-,20?/m0/s1. The van der Waals surface area contributed by atoms with Crippen LogP contribution in [-0.4, -0.2) is 34.5 Å². The molecular weight excluding hydrogens is 456 g/mol. The molecule has 1 heterocycles. The topological polar surface area (TPSA) is 88.8 Å². The molecule has 0 saturated carbocycles. The minimum atomic E-state index is -1.42. The van der Waals surface area contributed by atoms with E-state index in [0.717, 1.165) is 12.1 Å². The highest BCUT2D eigenvalue weighted by Gasteiger charge is 2.24. The number of aromatic carboxylic acids is 1. The minimum absolute atomic E-state index is 0.0373. The number of hydrogen-bond acceptors (Lipinski definition) is 4. The van der Waals surface area contributed by atoms with Crippen molar-refractivity contribution in [3.05, 3.63) is 74.0 Å². The van der Waals surface area contributed by atoms with Crippen LogP contribution in [0.4, 0.5) is 8.78 Å². The Morgan fingerprint density at radius 1 is 1.27 bits per heavy atom. The van der Waals surface area contributed by atoms with Crippen molar-refractivity contribution >= 4 is 28.5 Å². The van der Waals surface area contributed by atoms with Crippen LogP contribution < -0.4 is 10.2 Å². The molecular formula is C24H24ClF2NO5. The lowest BCUT2D eigenvalue weighted by atomic mass is 9.96. The van der Waals surface area contributed by atoms with Crippen molar-refractivity contribution in [3.63, 3.8) is 0 Å². The fourth-order valence-corrected chi connectivity index (χ4v) is 4.09. The number of hydrogen-bond donors (Lipinski definition) is 2. The number of aromatic nitrogens is 1. The van der Waals surface area contributed by atoms with Gasteiger partial charge in [0.2, 0.25) is 5.43 Å². The second-order valence-electron chi connectivity index (χ2n) is 7.90. The van der Waals surface area contributed by atoms with E-state index >= 15 is 0 Å². The van der Waals surface area contributed by atoms with Crippen LogP contribution >= 0.6 is 11.6 Å². The van der Waals surface area contributed by atoms with E-state index in [4.69, 9.17) is 16.3 Å². The molecule has 1 aromatic heterocycles. The Labute approximate surface area is 194 Å². The molecule has 176 valence electrons. The molecule has 0 radical (unpaired) electrons. The number of aliphatic hydroxyl groups excluding tert-OH is 1. The van der Waals surface area contributed by atoms with Gasteiger partial charge in [-0.1, -0.05) is 31.9 Å². The lowest BCUT2D eigenvalue weighted by Crippen LogP contribution is -2.26. The molecule has 0 aliphatic rings. The third-order valence-corrected chi connectivity index (χ3v) is 6.31. The van der Waals surface area contributed by atoms with Gasteiger partial charge in [0, 0.05) is 29.6 Å². The van der Waals surface area contributed by atoms with E-state index in [2.05, 4.69) is 0 Å². The Morgan fingerprint density at radius 3 is 2.55 bits per heavy atom. The van der Waals surface area contributed by atoms with Gasteiger partial charge in [-0.2, -0.15) is 0 Å². The van der Waals surface area contributed by atoms with Crippen LogP contribution in [0.3, 0.4) is 0 Å². The molecule has 0 saturated heterocycles. The first-order chi connectivity index (χ1) is 15.6. The largest absolute Gasteiger partial charge is 0.496 e. The van der Waals surface area contributed by atoms with Gasteiger partial charge in [-0.05, 0) is 29.7 Å². The summed E-state index contributed by atoms with van der Waals surface area (Å²) in [5.74, 6) is -2.94. The molecule has 0 aliphatic carbocycles. The van der Waals surface area contributed by atoms with Gasteiger partial charge in [0.05, 0.1) is 30.3 Å². The third-order valence-electron chi connectivity index (χ3n) is 6.02. The quantitative estimate of drug-likeness (QED) is 0.453. The number of methoxy groups -OCH3 is 1. The number of carboxylic acid groups (broad SMARTS) is 1. The van der Waals surface area contributed by atoms with Crippen LogP contribution in [0.2, 0.25) is 5.02 Å². The van der Waals surface area contributed by atoms with Gasteiger partial charge in [0.1, 0.15) is 22.9 Å². The molecule has 2 atom stereocenters. The fourth-order valence-electron chi connectivity index (χ4n) is 3.91. The molecule has 9 heteroatoms. The summed E-state index contributed by atoms with van der Waals surface area (Å²) in [6.07, 6.45) is 1.64. The SMILES string of the molecule is CC[C@H](C)C(CO)n1cc(C(=O)O)c(=O)c2cc(Cc3c(F)ccc(Cl)c3F)c(OC)cc21. The summed E-state index contributed by atoms with van der Waals surface area (Å²) in [6, 6.07) is 4.54. The summed E-state index contributed by atoms with van der Waals surface area (Å²) in [6.45, 7) is 3.56. The number of fused-ring (bicyclic) bond motifs is 1. The van der Waals surface area contributed by atoms with Crippen LogP contribution in [-0.2, 0) is 6.42 Å². The number of pyridine rings is 1. The minimum Gasteiger partial charge on any atom is -0.496 e. The smallest absolute Gasteiger partial charge is 0.341 e. The number of aliphatic hydroxyl groups is 1. The fraction of sp³-hybridized carbons (Fsp3) is 0.333. The third kappa shape index (κ3) is 4.58. The molecule has 2 N–H and O–H groups in total. The van der Waals surface area contributed by atoms with E-state index in [1.54, 1.807) is 4.57 Å². The predicted molar refractivity (Wildman–Crippen MR) is 121 cm³/mol. The van der Waals surface area contributed by atoms with Gasteiger partial charge in [-0.25, -0.2) is 13.6 Å². The lowest BCUT2D eigenvalue weighted by Gasteiger charge is -2.27. The normalized spacial score (nSPS) is 13.2. The van der Waals surface area contributed by atoms with E-state index in [9.17, 15) is 28.6 Å². The number of carbonyl (C=O) groups is 1. The summed E-state index contributed by atoms with van der Waals surface area (Å²) in [5, 5.41) is 19.4. The average Bonchev–Trinajstić information content (AvgIpc) is 2.80. The highest BCUT2D eigenvalue weighted by molar-refractivity contribution is 6.30. The van der Waals surface area contributed by atoms with Gasteiger partial charge >= 0.3 is 5.97 Å². The van der Waals surface area contributed by atoms with Gasteiger partial charge in [0.15, 0.2) is 0 Å². The first-order valence-corrected chi connectivity index (χ1v) is 10.7. The molecule has 2 aromatic carbocycles. The van der Waals surface area contributed by atoms with Crippen molar-refractivity contribution in [3.8, 4) is 5.75 Å². The Balaban J connectivity index is 2.34. The first kappa shape index (κ1) is 24.7. The summed E-state index contributed by atoms with van der Waals surface area (Å²) >= 11 is 5.80. The zero-order valence-electron chi connectivity index (χ0n) is 18.4. The van der Waals surface area contributed by atoms with Crippen molar-refractivity contribution in [2.75, 3.05) is 13.7 Å². The summed E-state index contributed by atoms with van der Waals surface area (Å²) < 4.78 is 35.8. The highest BCUT2D eigenvalue weighted by atomic mass is 35.5. The zero-order valence-corrected chi connectivity index (χ0v) is 19.1. The molecule has 0 spiro atoms. The lowest BCUT2D eigenvalue weighted by molar-refractivity contribution is 0.0694. The predicted octanol–water partition coefficient (Wildman–Crippen LogP) is 4.81. The van der Waals surface area contributed by atoms with E-state index < -0.39 is 34.6 Å². The van der Waals surface area contributed by atoms with Gasteiger partial charge in [-0.3, -0.25) is 4.79 Å². The molecule has 0 amide bonds. The van der Waals surface area contributed by atoms with E-state index in [1.807, 2.05) is 13.8 Å². The number of nitrogens with zero attached hydrogens (tertiary/aromatic N) is 1. The molecule has 0 aliphatic heterocycles. The molecule has 3 aromatic rings. The van der Waals surface area contributed by atoms with Crippen molar-refractivity contribution in [2.24, 2.45) is 5.92 Å². The summed E-state index contributed by atoms with van der Waals surface area (Å²) in [5.41, 5.74) is -0.897. The Bertz CT molecular complexity index is 1270. The van der Waals surface area contributed by atoms with Gasteiger partial charge in [-0.15, -0.1) is 0 Å². The van der Waals surface area contributed by atoms with Crippen molar-refractivity contribution in [1.29, 1.82) is 0 Å². The maximum Gasteiger partial charge on any atom is 0.341 e. The Kier molecular flexibility index (Phi) is 7.39. The van der Waals surface area contributed by atoms with E-state index in [0.29, 0.717) is 11.9 Å². The number of carboxylic acids is 1. The van der Waals surface area contributed by atoms with Crippen LogP contribution in [0.1, 0.15) is 47.8 Å². The molecule has 33 heavy (non-hydrogen) atoms. The second-order valence-corrected chi connectivity index (χ2v) is 8.31. The van der Waals surface area contributed by atoms with E-state index in [-0.39, 0.29) is 46.2 Å². The molecule has 1 unspecified atom stereocenters. The van der Waals surface area contributed by atoms with Crippen molar-refractivity contribution < 1.29 is 28.5 Å². The second kappa shape index (κ2) is 9.89. The van der Waals surface area contributed by atoms with E-state index in [1.165, 1.54) is 25.4 Å². The van der Waals surface area contributed by atoms with Crippen molar-refractivity contribution in [1.82, 2.24) is 4.57 Å². The molecule has 6 nitrogen and oxygen atoms in total. The Morgan fingerprint density at radius 2 is 1.97 bits per heavy atom. The van der Waals surface area contributed by atoms with Crippen LogP contribution in [0.15, 0.2) is 35.3 Å². The number of rotatable bonds is 8. The molecule has 0 bridgehead atoms. The van der Waals surface area contributed by atoms with Gasteiger partial charge in [0.25, 0.3) is 0 Å². The summed E-state index contributed by atoms with van der Waals surface area (Å²) in [7, 11) is 1.38. The monoisotopic (exact) mass is 479 g/mol. The maximum atomic E-state index is 14.5. The van der Waals surface area contributed by atoms with Crippen LogP contribution in [0, 0.1) is 17.6 Å². The van der Waals surface area contributed by atoms with Gasteiger partial charge < -0.3 is 19.5 Å². The van der Waals surface area contributed by atoms with Crippen LogP contribution in [0.25, 0.3) is 10.9 Å². The number of benzene rings is 2. The first-order valence-electron chi connectivity index (χ1n) is 10.4. The number of halogens is 3. The zero-order chi connectivity index (χ0) is 24.4.